The summed E-state index contributed by atoms with van der Waals surface area (Å²) in [5.74, 6) is 0.530. The minimum absolute atomic E-state index is 0.0729. The second-order valence-corrected chi connectivity index (χ2v) is 7.19. The van der Waals surface area contributed by atoms with Gasteiger partial charge in [0, 0.05) is 24.3 Å². The minimum Gasteiger partial charge on any atom is -0.388 e. The zero-order valence-corrected chi connectivity index (χ0v) is 15.0. The lowest BCUT2D eigenvalue weighted by Gasteiger charge is -2.27. The Balaban J connectivity index is 2.71. The van der Waals surface area contributed by atoms with Gasteiger partial charge in [0.05, 0.1) is 17.7 Å². The molecule has 0 aliphatic heterocycles. The van der Waals surface area contributed by atoms with E-state index in [2.05, 4.69) is 24.3 Å². The summed E-state index contributed by atoms with van der Waals surface area (Å²) in [6.07, 6.45) is 0.309. The molecule has 1 rings (SSSR count). The fourth-order valence-corrected chi connectivity index (χ4v) is 2.22. The number of rotatable bonds is 7. The molecule has 0 aromatic carbocycles. The fourth-order valence-electron chi connectivity index (χ4n) is 2.22. The number of carbonyl (C=O) groups excluding carboxylic acids is 1. The Kier molecular flexibility index (Phi) is 6.17. The zero-order chi connectivity index (χ0) is 17.1. The van der Waals surface area contributed by atoms with E-state index in [0.29, 0.717) is 12.3 Å². The number of nitrogens with zero attached hydrogens (tertiary/aromatic N) is 2. The van der Waals surface area contributed by atoms with Crippen molar-refractivity contribution >= 4 is 5.91 Å². The maximum atomic E-state index is 12.2. The van der Waals surface area contributed by atoms with Crippen molar-refractivity contribution in [2.75, 3.05) is 6.54 Å². The molecule has 0 saturated carbocycles. The molecule has 0 aliphatic carbocycles. The number of carbonyl (C=O) groups is 1. The summed E-state index contributed by atoms with van der Waals surface area (Å²) in [4.78, 5) is 12.2. The van der Waals surface area contributed by atoms with Gasteiger partial charge in [0.1, 0.15) is 0 Å². The van der Waals surface area contributed by atoms with Gasteiger partial charge in [-0.05, 0) is 32.6 Å². The molecule has 1 aromatic rings. The van der Waals surface area contributed by atoms with Crippen LogP contribution < -0.4 is 5.32 Å². The largest absolute Gasteiger partial charge is 0.388 e. The molecule has 1 heterocycles. The highest BCUT2D eigenvalue weighted by Crippen LogP contribution is 2.17. The number of nitrogens with one attached hydrogen (secondary N) is 1. The molecule has 1 unspecified atom stereocenters. The van der Waals surface area contributed by atoms with Crippen molar-refractivity contribution in [1.29, 1.82) is 0 Å². The Morgan fingerprint density at radius 1 is 1.32 bits per heavy atom. The van der Waals surface area contributed by atoms with E-state index in [4.69, 9.17) is 0 Å². The molecule has 5 nitrogen and oxygen atoms in total. The highest BCUT2D eigenvalue weighted by atomic mass is 16.3. The molecule has 0 spiro atoms. The minimum atomic E-state index is -0.887. The van der Waals surface area contributed by atoms with Crippen LogP contribution >= 0.6 is 0 Å². The van der Waals surface area contributed by atoms with E-state index >= 15 is 0 Å². The predicted octanol–water partition coefficient (Wildman–Crippen LogP) is 2.22. The molecule has 1 atom stereocenters. The quantitative estimate of drug-likeness (QED) is 0.811. The van der Waals surface area contributed by atoms with E-state index in [-0.39, 0.29) is 18.4 Å². The van der Waals surface area contributed by atoms with Crippen LogP contribution in [0, 0.1) is 25.7 Å². The van der Waals surface area contributed by atoms with Gasteiger partial charge < -0.3 is 10.4 Å². The van der Waals surface area contributed by atoms with Gasteiger partial charge in [-0.3, -0.25) is 9.48 Å². The maximum Gasteiger partial charge on any atom is 0.224 e. The summed E-state index contributed by atoms with van der Waals surface area (Å²) >= 11 is 0. The van der Waals surface area contributed by atoms with E-state index in [1.54, 1.807) is 6.92 Å². The van der Waals surface area contributed by atoms with Gasteiger partial charge in [0.2, 0.25) is 5.91 Å². The van der Waals surface area contributed by atoms with E-state index in [1.165, 1.54) is 0 Å². The summed E-state index contributed by atoms with van der Waals surface area (Å²) < 4.78 is 1.98. The lowest BCUT2D eigenvalue weighted by atomic mass is 9.92. The van der Waals surface area contributed by atoms with Gasteiger partial charge in [-0.25, -0.2) is 0 Å². The molecule has 1 amide bonds. The molecule has 2 N–H and O–H groups in total. The monoisotopic (exact) mass is 309 g/mol. The molecular weight excluding hydrogens is 278 g/mol. The van der Waals surface area contributed by atoms with Gasteiger partial charge in [0.15, 0.2) is 0 Å². The second-order valence-electron chi connectivity index (χ2n) is 7.19. The first-order valence-corrected chi connectivity index (χ1v) is 8.06. The second kappa shape index (κ2) is 7.27. The molecule has 5 heteroatoms. The normalized spacial score (nSPS) is 14.5. The molecule has 0 radical (unpaired) electrons. The molecule has 1 aromatic heterocycles. The van der Waals surface area contributed by atoms with Crippen molar-refractivity contribution in [3.05, 3.63) is 17.0 Å². The van der Waals surface area contributed by atoms with Gasteiger partial charge in [-0.15, -0.1) is 0 Å². The lowest BCUT2D eigenvalue weighted by molar-refractivity contribution is -0.122. The number of aryl methyl sites for hydroxylation is 1. The van der Waals surface area contributed by atoms with Crippen molar-refractivity contribution in [2.24, 2.45) is 11.8 Å². The van der Waals surface area contributed by atoms with Gasteiger partial charge in [-0.1, -0.05) is 27.7 Å². The van der Waals surface area contributed by atoms with Crippen molar-refractivity contribution in [3.63, 3.8) is 0 Å². The summed E-state index contributed by atoms with van der Waals surface area (Å²) in [6.45, 7) is 15.0. The Bertz CT molecular complexity index is 516. The average Bonchev–Trinajstić information content (AvgIpc) is 2.63. The van der Waals surface area contributed by atoms with Crippen LogP contribution in [0.2, 0.25) is 0 Å². The van der Waals surface area contributed by atoms with Gasteiger partial charge in [-0.2, -0.15) is 5.10 Å². The predicted molar refractivity (Wildman–Crippen MR) is 88.7 cm³/mol. The molecule has 126 valence electrons. The molecule has 0 aliphatic rings. The van der Waals surface area contributed by atoms with Crippen LogP contribution in [-0.2, 0) is 17.8 Å². The van der Waals surface area contributed by atoms with Crippen molar-refractivity contribution in [1.82, 2.24) is 15.1 Å². The number of hydrogen-bond acceptors (Lipinski definition) is 3. The summed E-state index contributed by atoms with van der Waals surface area (Å²) in [5.41, 5.74) is 2.06. The first-order chi connectivity index (χ1) is 10.0. The standard InChI is InChI=1S/C17H31N3O2/c1-11(2)9-20-14(6)15(13(5)19-20)8-16(21)18-10-17(7,22)12(3)4/h11-12,22H,8-10H2,1-7H3,(H,18,21). The topological polar surface area (TPSA) is 67.2 Å². The van der Waals surface area contributed by atoms with Crippen molar-refractivity contribution < 1.29 is 9.90 Å². The van der Waals surface area contributed by atoms with Crippen LogP contribution in [-0.4, -0.2) is 32.9 Å². The third-order valence-corrected chi connectivity index (χ3v) is 4.29. The van der Waals surface area contributed by atoms with Crippen LogP contribution in [0.25, 0.3) is 0 Å². The lowest BCUT2D eigenvalue weighted by Crippen LogP contribution is -2.44. The summed E-state index contributed by atoms with van der Waals surface area (Å²) in [7, 11) is 0. The molecule has 0 saturated heterocycles. The molecule has 22 heavy (non-hydrogen) atoms. The highest BCUT2D eigenvalue weighted by Gasteiger charge is 2.25. The van der Waals surface area contributed by atoms with Crippen LogP contribution in [0.15, 0.2) is 0 Å². The Morgan fingerprint density at radius 2 is 1.91 bits per heavy atom. The number of hydrogen-bond donors (Lipinski definition) is 2. The number of amides is 1. The Morgan fingerprint density at radius 3 is 2.41 bits per heavy atom. The number of aliphatic hydroxyl groups is 1. The SMILES string of the molecule is Cc1nn(CC(C)C)c(C)c1CC(=O)NCC(C)(O)C(C)C. The van der Waals surface area contributed by atoms with E-state index in [0.717, 1.165) is 23.5 Å². The van der Waals surface area contributed by atoms with Crippen LogP contribution in [0.1, 0.15) is 51.6 Å². The van der Waals surface area contributed by atoms with Crippen molar-refractivity contribution in [2.45, 2.75) is 67.0 Å². The van der Waals surface area contributed by atoms with E-state index < -0.39 is 5.60 Å². The maximum absolute atomic E-state index is 12.2. The summed E-state index contributed by atoms with van der Waals surface area (Å²) in [6, 6.07) is 0. The van der Waals surface area contributed by atoms with Gasteiger partial charge in [0.25, 0.3) is 0 Å². The average molecular weight is 309 g/mol. The summed E-state index contributed by atoms with van der Waals surface area (Å²) in [5, 5.41) is 17.5. The molecule has 0 fully saturated rings. The fraction of sp³-hybridized carbons (Fsp3) is 0.765. The van der Waals surface area contributed by atoms with E-state index in [1.807, 2.05) is 32.4 Å². The Hall–Kier alpha value is -1.36. The Labute approximate surface area is 134 Å². The third kappa shape index (κ3) is 4.83. The van der Waals surface area contributed by atoms with E-state index in [9.17, 15) is 9.90 Å². The molecule has 0 bridgehead atoms. The van der Waals surface area contributed by atoms with Crippen LogP contribution in [0.4, 0.5) is 0 Å². The first kappa shape index (κ1) is 18.7. The zero-order valence-electron chi connectivity index (χ0n) is 15.0. The van der Waals surface area contributed by atoms with Crippen LogP contribution in [0.5, 0.6) is 0 Å². The third-order valence-electron chi connectivity index (χ3n) is 4.29. The molecular formula is C17H31N3O2. The first-order valence-electron chi connectivity index (χ1n) is 8.06. The number of aromatic nitrogens is 2. The van der Waals surface area contributed by atoms with Crippen LogP contribution in [0.3, 0.4) is 0 Å². The smallest absolute Gasteiger partial charge is 0.224 e. The van der Waals surface area contributed by atoms with Crippen molar-refractivity contribution in [3.8, 4) is 0 Å². The highest BCUT2D eigenvalue weighted by molar-refractivity contribution is 5.79. The van der Waals surface area contributed by atoms with Gasteiger partial charge >= 0.3 is 0 Å².